The molecule has 2 unspecified atom stereocenters. The van der Waals surface area contributed by atoms with Gasteiger partial charge in [-0.05, 0) is 50.3 Å². The second kappa shape index (κ2) is 8.05. The first-order chi connectivity index (χ1) is 10.2. The summed E-state index contributed by atoms with van der Waals surface area (Å²) in [6.07, 6.45) is 6.90. The van der Waals surface area contributed by atoms with Gasteiger partial charge in [0.2, 0.25) is 0 Å². The summed E-state index contributed by atoms with van der Waals surface area (Å²) in [5, 5.41) is 12.2. The van der Waals surface area contributed by atoms with Gasteiger partial charge in [-0.3, -0.25) is 0 Å². The minimum absolute atomic E-state index is 0.103. The van der Waals surface area contributed by atoms with E-state index >= 15 is 0 Å². The van der Waals surface area contributed by atoms with Crippen molar-refractivity contribution in [2.45, 2.75) is 58.0 Å². The highest BCUT2D eigenvalue weighted by Gasteiger charge is 2.21. The van der Waals surface area contributed by atoms with E-state index in [0.29, 0.717) is 12.1 Å². The molecular formula is C18H26N2O. The van der Waals surface area contributed by atoms with Crippen molar-refractivity contribution in [3.8, 4) is 11.8 Å². The first kappa shape index (κ1) is 15.9. The maximum atomic E-state index is 8.51. The second-order valence-corrected chi connectivity index (χ2v) is 6.09. The predicted octanol–water partition coefficient (Wildman–Crippen LogP) is 4.21. The van der Waals surface area contributed by atoms with Gasteiger partial charge in [0.05, 0.1) is 0 Å². The lowest BCUT2D eigenvalue weighted by molar-refractivity contribution is 0.268. The molecule has 1 aliphatic carbocycles. The molecule has 0 aromatic heterocycles. The van der Waals surface area contributed by atoms with Crippen LogP contribution in [0.3, 0.4) is 0 Å². The third-order valence-electron chi connectivity index (χ3n) is 4.55. The van der Waals surface area contributed by atoms with E-state index in [2.05, 4.69) is 31.3 Å². The van der Waals surface area contributed by atoms with Gasteiger partial charge in [0.25, 0.3) is 0 Å². The van der Waals surface area contributed by atoms with Crippen LogP contribution in [-0.2, 0) is 0 Å². The molecule has 1 aromatic rings. The molecule has 0 bridgehead atoms. The van der Waals surface area contributed by atoms with E-state index in [1.54, 1.807) is 0 Å². The lowest BCUT2D eigenvalue weighted by Crippen LogP contribution is -2.36. The highest BCUT2D eigenvalue weighted by atomic mass is 16.5. The van der Waals surface area contributed by atoms with Gasteiger partial charge < -0.3 is 10.1 Å². The Hall–Kier alpha value is -1.53. The molecule has 0 aliphatic heterocycles. The van der Waals surface area contributed by atoms with Crippen LogP contribution in [0.1, 0.15) is 57.6 Å². The number of hydrogen-bond donors (Lipinski definition) is 1. The summed E-state index contributed by atoms with van der Waals surface area (Å²) in [6, 6.07) is 10.9. The summed E-state index contributed by atoms with van der Waals surface area (Å²) >= 11 is 0. The zero-order valence-corrected chi connectivity index (χ0v) is 13.1. The molecule has 0 radical (unpaired) electrons. The summed E-state index contributed by atoms with van der Waals surface area (Å²) < 4.78 is 5.28. The zero-order valence-electron chi connectivity index (χ0n) is 13.1. The van der Waals surface area contributed by atoms with Crippen LogP contribution in [0.2, 0.25) is 0 Å². The Morgan fingerprint density at radius 3 is 2.48 bits per heavy atom. The number of rotatable bonds is 6. The summed E-state index contributed by atoms with van der Waals surface area (Å²) in [4.78, 5) is 0. The smallest absolute Gasteiger partial charge is 0.174 e. The van der Waals surface area contributed by atoms with Gasteiger partial charge in [-0.2, -0.15) is 5.26 Å². The zero-order chi connectivity index (χ0) is 15.1. The van der Waals surface area contributed by atoms with Crippen molar-refractivity contribution < 1.29 is 4.74 Å². The molecule has 3 heteroatoms. The molecule has 21 heavy (non-hydrogen) atoms. The van der Waals surface area contributed by atoms with Crippen molar-refractivity contribution in [2.24, 2.45) is 5.92 Å². The van der Waals surface area contributed by atoms with Crippen LogP contribution in [-0.4, -0.2) is 12.6 Å². The summed E-state index contributed by atoms with van der Waals surface area (Å²) in [5.41, 5.74) is 1.27. The third-order valence-corrected chi connectivity index (χ3v) is 4.55. The van der Waals surface area contributed by atoms with Gasteiger partial charge in [0, 0.05) is 12.1 Å². The Labute approximate surface area is 128 Å². The molecule has 1 saturated carbocycles. The standard InChI is InChI=1S/C18H26N2O/c1-14(16-6-4-3-5-7-16)20-15(2)17-8-10-18(11-9-17)21-13-12-19/h8-11,14-16,20H,3-7,13H2,1-2H3. The van der Waals surface area contributed by atoms with Crippen LogP contribution in [0.4, 0.5) is 0 Å². The van der Waals surface area contributed by atoms with E-state index in [1.165, 1.54) is 37.7 Å². The monoisotopic (exact) mass is 286 g/mol. The lowest BCUT2D eigenvalue weighted by Gasteiger charge is -2.30. The van der Waals surface area contributed by atoms with E-state index in [0.717, 1.165) is 11.7 Å². The Morgan fingerprint density at radius 1 is 1.19 bits per heavy atom. The minimum atomic E-state index is 0.103. The van der Waals surface area contributed by atoms with Crippen LogP contribution in [0, 0.1) is 17.2 Å². The van der Waals surface area contributed by atoms with Crippen LogP contribution in [0.5, 0.6) is 5.75 Å². The molecule has 0 heterocycles. The van der Waals surface area contributed by atoms with Crippen molar-refractivity contribution in [3.63, 3.8) is 0 Å². The summed E-state index contributed by atoms with van der Waals surface area (Å²) in [7, 11) is 0. The molecule has 3 nitrogen and oxygen atoms in total. The van der Waals surface area contributed by atoms with Crippen molar-refractivity contribution in [1.29, 1.82) is 5.26 Å². The van der Waals surface area contributed by atoms with Crippen molar-refractivity contribution in [2.75, 3.05) is 6.61 Å². The predicted molar refractivity (Wildman–Crippen MR) is 85.1 cm³/mol. The number of benzene rings is 1. The van der Waals surface area contributed by atoms with E-state index in [1.807, 2.05) is 18.2 Å². The largest absolute Gasteiger partial charge is 0.479 e. The first-order valence-corrected chi connectivity index (χ1v) is 8.06. The van der Waals surface area contributed by atoms with E-state index in [-0.39, 0.29) is 6.61 Å². The Bertz CT molecular complexity index is 457. The van der Waals surface area contributed by atoms with Gasteiger partial charge in [0.15, 0.2) is 6.61 Å². The first-order valence-electron chi connectivity index (χ1n) is 8.06. The number of nitriles is 1. The summed E-state index contributed by atoms with van der Waals surface area (Å²) in [5.74, 6) is 1.58. The third kappa shape index (κ3) is 4.75. The van der Waals surface area contributed by atoms with Gasteiger partial charge in [-0.25, -0.2) is 0 Å². The van der Waals surface area contributed by atoms with E-state index in [9.17, 15) is 0 Å². The minimum Gasteiger partial charge on any atom is -0.479 e. The van der Waals surface area contributed by atoms with Gasteiger partial charge in [0.1, 0.15) is 11.8 Å². The van der Waals surface area contributed by atoms with Crippen molar-refractivity contribution >= 4 is 0 Å². The SMILES string of the molecule is CC(NC(C)C1CCCCC1)c1ccc(OCC#N)cc1. The van der Waals surface area contributed by atoms with Gasteiger partial charge in [-0.15, -0.1) is 0 Å². The molecule has 0 amide bonds. The molecule has 1 fully saturated rings. The average Bonchev–Trinajstić information content (AvgIpc) is 2.54. The molecule has 2 atom stereocenters. The molecule has 2 rings (SSSR count). The topological polar surface area (TPSA) is 45.0 Å². The number of hydrogen-bond acceptors (Lipinski definition) is 3. The fourth-order valence-electron chi connectivity index (χ4n) is 3.23. The molecule has 1 N–H and O–H groups in total. The molecule has 1 aliphatic rings. The maximum Gasteiger partial charge on any atom is 0.174 e. The lowest BCUT2D eigenvalue weighted by atomic mass is 9.84. The molecular weight excluding hydrogens is 260 g/mol. The van der Waals surface area contributed by atoms with Gasteiger partial charge in [-0.1, -0.05) is 31.4 Å². The number of nitrogens with one attached hydrogen (secondary N) is 1. The Balaban J connectivity index is 1.87. The molecule has 0 spiro atoms. The number of nitrogens with zero attached hydrogens (tertiary/aromatic N) is 1. The Morgan fingerprint density at radius 2 is 1.86 bits per heavy atom. The van der Waals surface area contributed by atoms with E-state index < -0.39 is 0 Å². The molecule has 0 saturated heterocycles. The van der Waals surface area contributed by atoms with Crippen LogP contribution in [0.15, 0.2) is 24.3 Å². The molecule has 114 valence electrons. The normalized spacial score (nSPS) is 18.7. The summed E-state index contributed by atoms with van der Waals surface area (Å²) in [6.45, 7) is 4.63. The van der Waals surface area contributed by atoms with Crippen LogP contribution >= 0.6 is 0 Å². The quantitative estimate of drug-likeness (QED) is 0.852. The fraction of sp³-hybridized carbons (Fsp3) is 0.611. The van der Waals surface area contributed by atoms with Gasteiger partial charge >= 0.3 is 0 Å². The second-order valence-electron chi connectivity index (χ2n) is 6.09. The van der Waals surface area contributed by atoms with E-state index in [4.69, 9.17) is 10.00 Å². The van der Waals surface area contributed by atoms with Crippen LogP contribution in [0.25, 0.3) is 0 Å². The Kier molecular flexibility index (Phi) is 6.07. The van der Waals surface area contributed by atoms with Crippen molar-refractivity contribution in [3.05, 3.63) is 29.8 Å². The van der Waals surface area contributed by atoms with Crippen LogP contribution < -0.4 is 10.1 Å². The maximum absolute atomic E-state index is 8.51. The highest BCUT2D eigenvalue weighted by molar-refractivity contribution is 5.29. The fourth-order valence-corrected chi connectivity index (χ4v) is 3.23. The average molecular weight is 286 g/mol. The van der Waals surface area contributed by atoms with Crippen molar-refractivity contribution in [1.82, 2.24) is 5.32 Å². The number of ether oxygens (including phenoxy) is 1. The highest BCUT2D eigenvalue weighted by Crippen LogP contribution is 2.28. The molecule has 1 aromatic carbocycles.